The predicted molar refractivity (Wildman–Crippen MR) is 98.8 cm³/mol. The molecular weight excluding hydrogens is 390 g/mol. The third-order valence-corrected chi connectivity index (χ3v) is 4.73. The van der Waals surface area contributed by atoms with E-state index in [0.29, 0.717) is 0 Å². The minimum Gasteiger partial charge on any atom is -0.455 e. The highest BCUT2D eigenvalue weighted by atomic mass is 79.9. The molecule has 4 nitrogen and oxygen atoms in total. The molecule has 2 aromatic rings. The predicted octanol–water partition coefficient (Wildman–Crippen LogP) is 3.96. The summed E-state index contributed by atoms with van der Waals surface area (Å²) in [5, 5.41) is 2.81. The Labute approximate surface area is 154 Å². The molecule has 0 aliphatic heterocycles. The van der Waals surface area contributed by atoms with E-state index in [2.05, 4.69) is 21.2 Å². The maximum Gasteiger partial charge on any atom is 0.316 e. The number of thioether (sulfide) groups is 1. The van der Waals surface area contributed by atoms with Gasteiger partial charge in [0.15, 0.2) is 6.61 Å². The summed E-state index contributed by atoms with van der Waals surface area (Å²) in [6, 6.07) is 17.1. The molecule has 0 spiro atoms. The number of esters is 1. The molecule has 24 heavy (non-hydrogen) atoms. The lowest BCUT2D eigenvalue weighted by molar-refractivity contribution is -0.146. The van der Waals surface area contributed by atoms with E-state index in [1.807, 2.05) is 61.5 Å². The van der Waals surface area contributed by atoms with Gasteiger partial charge in [-0.25, -0.2) is 0 Å². The first-order valence-electron chi connectivity index (χ1n) is 7.43. The van der Waals surface area contributed by atoms with Gasteiger partial charge < -0.3 is 10.1 Å². The van der Waals surface area contributed by atoms with Crippen LogP contribution >= 0.6 is 27.7 Å². The van der Waals surface area contributed by atoms with Crippen molar-refractivity contribution < 1.29 is 14.3 Å². The monoisotopic (exact) mass is 407 g/mol. The average Bonchev–Trinajstić information content (AvgIpc) is 2.59. The van der Waals surface area contributed by atoms with Crippen LogP contribution in [0.5, 0.6) is 0 Å². The second kappa shape index (κ2) is 9.49. The Bertz CT molecular complexity index is 676. The van der Waals surface area contributed by atoms with Crippen molar-refractivity contribution in [2.45, 2.75) is 17.9 Å². The molecule has 6 heteroatoms. The maximum absolute atomic E-state index is 11.9. The van der Waals surface area contributed by atoms with Gasteiger partial charge >= 0.3 is 5.97 Å². The molecule has 0 aromatic heterocycles. The lowest BCUT2D eigenvalue weighted by Gasteiger charge is -2.14. The molecule has 126 valence electrons. The number of carbonyl (C=O) groups is 2. The molecule has 0 aliphatic rings. The van der Waals surface area contributed by atoms with Gasteiger partial charge in [-0.1, -0.05) is 46.3 Å². The fourth-order valence-electron chi connectivity index (χ4n) is 1.96. The largest absolute Gasteiger partial charge is 0.455 e. The molecule has 0 saturated carbocycles. The second-order valence-electron chi connectivity index (χ2n) is 5.10. The van der Waals surface area contributed by atoms with E-state index in [1.54, 1.807) is 0 Å². The summed E-state index contributed by atoms with van der Waals surface area (Å²) < 4.78 is 5.98. The first-order valence-corrected chi connectivity index (χ1v) is 9.21. The summed E-state index contributed by atoms with van der Waals surface area (Å²) in [6.45, 7) is 1.61. The quantitative estimate of drug-likeness (QED) is 0.557. The van der Waals surface area contributed by atoms with Crippen LogP contribution in [0.2, 0.25) is 0 Å². The Kier molecular flexibility index (Phi) is 7.34. The van der Waals surface area contributed by atoms with Crippen LogP contribution in [-0.4, -0.2) is 24.2 Å². The first-order chi connectivity index (χ1) is 11.5. The smallest absolute Gasteiger partial charge is 0.316 e. The summed E-state index contributed by atoms with van der Waals surface area (Å²) in [7, 11) is 0. The van der Waals surface area contributed by atoms with Gasteiger partial charge in [-0.15, -0.1) is 11.8 Å². The van der Waals surface area contributed by atoms with Crippen LogP contribution in [0.3, 0.4) is 0 Å². The molecule has 0 radical (unpaired) electrons. The van der Waals surface area contributed by atoms with Gasteiger partial charge in [0, 0.05) is 9.37 Å². The highest BCUT2D eigenvalue weighted by molar-refractivity contribution is 9.10. The summed E-state index contributed by atoms with van der Waals surface area (Å²) >= 11 is 4.75. The number of halogens is 1. The fraction of sp³-hybridized carbons (Fsp3) is 0.222. The Morgan fingerprint density at radius 2 is 1.79 bits per heavy atom. The minimum atomic E-state index is -0.407. The molecule has 2 rings (SSSR count). The van der Waals surface area contributed by atoms with Crippen molar-refractivity contribution in [2.24, 2.45) is 0 Å². The van der Waals surface area contributed by atoms with Gasteiger partial charge in [0.25, 0.3) is 5.91 Å². The van der Waals surface area contributed by atoms with E-state index >= 15 is 0 Å². The number of nitrogens with one attached hydrogen (secondary N) is 1. The van der Waals surface area contributed by atoms with Crippen molar-refractivity contribution in [3.8, 4) is 0 Å². The maximum atomic E-state index is 11.9. The molecule has 1 amide bonds. The molecule has 0 aliphatic carbocycles. The van der Waals surface area contributed by atoms with Gasteiger partial charge in [-0.3, -0.25) is 9.59 Å². The Morgan fingerprint density at radius 3 is 2.46 bits per heavy atom. The van der Waals surface area contributed by atoms with Gasteiger partial charge in [0.1, 0.15) is 0 Å². The molecule has 1 N–H and O–H groups in total. The minimum absolute atomic E-state index is 0.150. The number of rotatable bonds is 7. The molecule has 1 atom stereocenters. The zero-order valence-corrected chi connectivity index (χ0v) is 15.6. The van der Waals surface area contributed by atoms with Crippen LogP contribution in [0.1, 0.15) is 18.5 Å². The van der Waals surface area contributed by atoms with Gasteiger partial charge in [0.05, 0.1) is 11.8 Å². The summed E-state index contributed by atoms with van der Waals surface area (Å²) in [5.41, 5.74) is 0.984. The zero-order valence-electron chi connectivity index (χ0n) is 13.2. The standard InChI is InChI=1S/C18H18BrNO3S/c1-13(14-7-9-15(19)10-8-14)20-17(21)11-23-18(22)12-24-16-5-3-2-4-6-16/h2-10,13H,11-12H2,1H3,(H,20,21)/t13-/m1/s1. The normalized spacial score (nSPS) is 11.6. The van der Waals surface area contributed by atoms with Crippen LogP contribution in [0.4, 0.5) is 0 Å². The van der Waals surface area contributed by atoms with Crippen LogP contribution in [0.15, 0.2) is 64.0 Å². The van der Waals surface area contributed by atoms with E-state index in [0.717, 1.165) is 14.9 Å². The summed E-state index contributed by atoms with van der Waals surface area (Å²) in [4.78, 5) is 24.5. The van der Waals surface area contributed by atoms with Crippen molar-refractivity contribution >= 4 is 39.6 Å². The van der Waals surface area contributed by atoms with Crippen molar-refractivity contribution in [2.75, 3.05) is 12.4 Å². The zero-order chi connectivity index (χ0) is 17.4. The van der Waals surface area contributed by atoms with E-state index < -0.39 is 5.97 Å². The van der Waals surface area contributed by atoms with Gasteiger partial charge in [0.2, 0.25) is 0 Å². The number of hydrogen-bond donors (Lipinski definition) is 1. The van der Waals surface area contributed by atoms with Gasteiger partial charge in [-0.05, 0) is 36.8 Å². The molecule has 0 bridgehead atoms. The number of amides is 1. The van der Waals surface area contributed by atoms with Crippen LogP contribution < -0.4 is 5.32 Å². The molecule has 2 aromatic carbocycles. The Hall–Kier alpha value is -1.79. The topological polar surface area (TPSA) is 55.4 Å². The highest BCUT2D eigenvalue weighted by Gasteiger charge is 2.12. The van der Waals surface area contributed by atoms with Crippen molar-refractivity contribution in [1.29, 1.82) is 0 Å². The number of carbonyl (C=O) groups excluding carboxylic acids is 2. The Morgan fingerprint density at radius 1 is 1.12 bits per heavy atom. The van der Waals surface area contributed by atoms with Crippen molar-refractivity contribution in [3.63, 3.8) is 0 Å². The highest BCUT2D eigenvalue weighted by Crippen LogP contribution is 2.17. The van der Waals surface area contributed by atoms with Crippen LogP contribution in [0, 0.1) is 0 Å². The van der Waals surface area contributed by atoms with Crippen LogP contribution in [-0.2, 0) is 14.3 Å². The summed E-state index contributed by atoms with van der Waals surface area (Å²) in [5.74, 6) is -0.543. The fourth-order valence-corrected chi connectivity index (χ4v) is 2.95. The number of ether oxygens (including phenoxy) is 1. The molecular formula is C18H18BrNO3S. The molecule has 0 heterocycles. The second-order valence-corrected chi connectivity index (χ2v) is 7.07. The molecule has 0 unspecified atom stereocenters. The third-order valence-electron chi connectivity index (χ3n) is 3.21. The van der Waals surface area contributed by atoms with E-state index in [1.165, 1.54) is 11.8 Å². The molecule has 0 fully saturated rings. The van der Waals surface area contributed by atoms with Crippen molar-refractivity contribution in [1.82, 2.24) is 5.32 Å². The number of hydrogen-bond acceptors (Lipinski definition) is 4. The van der Waals surface area contributed by atoms with Crippen molar-refractivity contribution in [3.05, 3.63) is 64.6 Å². The van der Waals surface area contributed by atoms with E-state index in [-0.39, 0.29) is 24.3 Å². The van der Waals surface area contributed by atoms with E-state index in [4.69, 9.17) is 4.74 Å². The molecule has 0 saturated heterocycles. The lowest BCUT2D eigenvalue weighted by atomic mass is 10.1. The van der Waals surface area contributed by atoms with Crippen LogP contribution in [0.25, 0.3) is 0 Å². The average molecular weight is 408 g/mol. The third kappa shape index (κ3) is 6.37. The summed E-state index contributed by atoms with van der Waals surface area (Å²) in [6.07, 6.45) is 0. The van der Waals surface area contributed by atoms with Gasteiger partial charge in [-0.2, -0.15) is 0 Å². The lowest BCUT2D eigenvalue weighted by Crippen LogP contribution is -2.31. The Balaban J connectivity index is 1.70. The van der Waals surface area contributed by atoms with E-state index in [9.17, 15) is 9.59 Å². The SMILES string of the molecule is C[C@@H](NC(=O)COC(=O)CSc1ccccc1)c1ccc(Br)cc1. The number of benzene rings is 2. The first kappa shape index (κ1) is 18.5.